The van der Waals surface area contributed by atoms with E-state index < -0.39 is 30.0 Å². The summed E-state index contributed by atoms with van der Waals surface area (Å²) in [5, 5.41) is 0. The summed E-state index contributed by atoms with van der Waals surface area (Å²) in [4.78, 5) is 0. The summed E-state index contributed by atoms with van der Waals surface area (Å²) < 4.78 is 31.9. The lowest BCUT2D eigenvalue weighted by atomic mass is 9.99. The molecule has 5 nitrogen and oxygen atoms in total. The van der Waals surface area contributed by atoms with Gasteiger partial charge in [0.05, 0.1) is 33.0 Å². The number of hydrogen-bond donors (Lipinski definition) is 0. The lowest BCUT2D eigenvalue weighted by molar-refractivity contribution is -0.256. The molecule has 208 valence electrons. The molecule has 0 N–H and O–H groups in total. The average molecular weight is 559 g/mol. The van der Waals surface area contributed by atoms with Crippen LogP contribution in [0.25, 0.3) is 0 Å². The first-order chi connectivity index (χ1) is 19.8. The van der Waals surface area contributed by atoms with Crippen molar-refractivity contribution in [3.05, 3.63) is 144 Å². The minimum Gasteiger partial charge on any atom is -0.374 e. The van der Waals surface area contributed by atoms with Crippen molar-refractivity contribution < 1.29 is 23.7 Å². The van der Waals surface area contributed by atoms with Crippen molar-refractivity contribution in [3.63, 3.8) is 0 Å². The smallest absolute Gasteiger partial charge is 0.160 e. The molecule has 1 aliphatic heterocycles. The van der Waals surface area contributed by atoms with E-state index in [0.717, 1.165) is 22.3 Å². The highest BCUT2D eigenvalue weighted by Gasteiger charge is 2.47. The van der Waals surface area contributed by atoms with Crippen LogP contribution in [0.4, 0.5) is 0 Å². The fraction of sp³-hybridized carbons (Fsp3) is 0.294. The predicted molar refractivity (Wildman–Crippen MR) is 156 cm³/mol. The number of benzene rings is 4. The predicted octanol–water partition coefficient (Wildman–Crippen LogP) is 6.92. The molecule has 0 radical (unpaired) electrons. The van der Waals surface area contributed by atoms with Crippen molar-refractivity contribution in [2.75, 3.05) is 6.61 Å². The van der Waals surface area contributed by atoms with Crippen molar-refractivity contribution in [3.8, 4) is 0 Å². The molecule has 5 rings (SSSR count). The van der Waals surface area contributed by atoms with Gasteiger partial charge in [-0.25, -0.2) is 0 Å². The highest BCUT2D eigenvalue weighted by molar-refractivity contribution is 6.20. The molecule has 0 amide bonds. The Kier molecular flexibility index (Phi) is 10.8. The third-order valence-corrected chi connectivity index (χ3v) is 7.18. The van der Waals surface area contributed by atoms with E-state index in [1.807, 2.05) is 121 Å². The fourth-order valence-corrected chi connectivity index (χ4v) is 5.08. The number of alkyl halides is 1. The van der Waals surface area contributed by atoms with Gasteiger partial charge in [0.2, 0.25) is 0 Å². The zero-order chi connectivity index (χ0) is 27.4. The maximum absolute atomic E-state index is 6.86. The van der Waals surface area contributed by atoms with Crippen LogP contribution in [0.3, 0.4) is 0 Å². The number of halogens is 1. The summed E-state index contributed by atoms with van der Waals surface area (Å²) in [6, 6.07) is 40.2. The molecular formula is C34H35ClO5. The standard InChI is InChI=1S/C34H35ClO5/c35-34-33(39-24-29-19-11-4-12-20-29)32(38-23-28-17-9-3-10-18-28)31(37-22-27-15-7-2-8-16-27)30(40-34)25-36-21-26-13-5-1-6-14-26/h1-20,30-34H,21-25H2/t30-,31+,32+,33-,34+/m1/s1. The van der Waals surface area contributed by atoms with Crippen LogP contribution in [0.15, 0.2) is 121 Å². The normalized spacial score (nSPS) is 22.7. The monoisotopic (exact) mass is 558 g/mol. The second kappa shape index (κ2) is 15.1. The van der Waals surface area contributed by atoms with E-state index >= 15 is 0 Å². The summed E-state index contributed by atoms with van der Waals surface area (Å²) in [5.41, 5.74) is 3.50. The van der Waals surface area contributed by atoms with Gasteiger partial charge >= 0.3 is 0 Å². The van der Waals surface area contributed by atoms with Crippen molar-refractivity contribution in [1.82, 2.24) is 0 Å². The van der Waals surface area contributed by atoms with E-state index in [1.165, 1.54) is 0 Å². The Labute approximate surface area is 241 Å². The largest absolute Gasteiger partial charge is 0.374 e. The quantitative estimate of drug-likeness (QED) is 0.167. The van der Waals surface area contributed by atoms with Gasteiger partial charge in [-0.15, -0.1) is 0 Å². The van der Waals surface area contributed by atoms with Crippen molar-refractivity contribution in [2.24, 2.45) is 0 Å². The van der Waals surface area contributed by atoms with Crippen LogP contribution in [0.1, 0.15) is 22.3 Å². The first-order valence-electron chi connectivity index (χ1n) is 13.6. The zero-order valence-electron chi connectivity index (χ0n) is 22.4. The molecule has 1 saturated heterocycles. The minimum atomic E-state index is -0.744. The molecule has 1 heterocycles. The summed E-state index contributed by atoms with van der Waals surface area (Å²) in [7, 11) is 0. The number of hydrogen-bond acceptors (Lipinski definition) is 5. The van der Waals surface area contributed by atoms with Gasteiger partial charge in [-0.05, 0) is 22.3 Å². The highest BCUT2D eigenvalue weighted by atomic mass is 35.5. The van der Waals surface area contributed by atoms with Gasteiger partial charge in [-0.2, -0.15) is 0 Å². The summed E-state index contributed by atoms with van der Waals surface area (Å²) in [6.45, 7) is 1.93. The molecule has 6 heteroatoms. The zero-order valence-corrected chi connectivity index (χ0v) is 23.1. The lowest BCUT2D eigenvalue weighted by Gasteiger charge is -2.44. The molecule has 5 atom stereocenters. The molecule has 0 aliphatic carbocycles. The van der Waals surface area contributed by atoms with E-state index in [2.05, 4.69) is 0 Å². The van der Waals surface area contributed by atoms with E-state index in [1.54, 1.807) is 0 Å². The molecular weight excluding hydrogens is 524 g/mol. The van der Waals surface area contributed by atoms with Crippen LogP contribution in [-0.2, 0) is 50.1 Å². The van der Waals surface area contributed by atoms with Gasteiger partial charge in [0, 0.05) is 0 Å². The van der Waals surface area contributed by atoms with Gasteiger partial charge in [0.15, 0.2) is 5.56 Å². The van der Waals surface area contributed by atoms with Crippen molar-refractivity contribution >= 4 is 11.6 Å². The van der Waals surface area contributed by atoms with Crippen LogP contribution >= 0.6 is 11.6 Å². The number of ether oxygens (including phenoxy) is 5. The van der Waals surface area contributed by atoms with Crippen LogP contribution in [0.5, 0.6) is 0 Å². The van der Waals surface area contributed by atoms with Crippen LogP contribution < -0.4 is 0 Å². The van der Waals surface area contributed by atoms with Crippen molar-refractivity contribution in [2.45, 2.75) is 56.4 Å². The average Bonchev–Trinajstić information content (AvgIpc) is 3.01. The van der Waals surface area contributed by atoms with E-state index in [0.29, 0.717) is 33.0 Å². The Balaban J connectivity index is 1.36. The second-order valence-corrected chi connectivity index (χ2v) is 10.2. The Morgan fingerprint density at radius 1 is 0.475 bits per heavy atom. The molecule has 4 aromatic rings. The Bertz CT molecular complexity index is 1240. The molecule has 40 heavy (non-hydrogen) atoms. The third kappa shape index (κ3) is 8.24. The van der Waals surface area contributed by atoms with E-state index in [9.17, 15) is 0 Å². The fourth-order valence-electron chi connectivity index (χ4n) is 4.73. The van der Waals surface area contributed by atoms with Gasteiger partial charge < -0.3 is 23.7 Å². The van der Waals surface area contributed by atoms with Gasteiger partial charge in [-0.1, -0.05) is 133 Å². The first kappa shape index (κ1) is 28.5. The van der Waals surface area contributed by atoms with Crippen LogP contribution in [0.2, 0.25) is 0 Å². The third-order valence-electron chi connectivity index (χ3n) is 6.83. The Morgan fingerprint density at radius 2 is 0.850 bits per heavy atom. The SMILES string of the molecule is Cl[C@H]1O[C@H](COCc2ccccc2)[C@H](OCc2ccccc2)[C@H](OCc2ccccc2)[C@H]1OCc1ccccc1. The van der Waals surface area contributed by atoms with Gasteiger partial charge in [0.1, 0.15) is 24.4 Å². The van der Waals surface area contributed by atoms with Crippen molar-refractivity contribution in [1.29, 1.82) is 0 Å². The maximum atomic E-state index is 6.86. The van der Waals surface area contributed by atoms with Crippen LogP contribution in [-0.4, -0.2) is 36.6 Å². The van der Waals surface area contributed by atoms with E-state index in [-0.39, 0.29) is 0 Å². The van der Waals surface area contributed by atoms with E-state index in [4.69, 9.17) is 35.3 Å². The molecule has 4 aromatic carbocycles. The Hall–Kier alpha value is -3.03. The van der Waals surface area contributed by atoms with Gasteiger partial charge in [-0.3, -0.25) is 0 Å². The molecule has 0 spiro atoms. The molecule has 0 saturated carbocycles. The Morgan fingerprint density at radius 3 is 1.30 bits per heavy atom. The molecule has 0 aromatic heterocycles. The van der Waals surface area contributed by atoms with Crippen LogP contribution in [0, 0.1) is 0 Å². The minimum absolute atomic E-state index is 0.300. The maximum Gasteiger partial charge on any atom is 0.160 e. The number of rotatable bonds is 13. The molecule has 1 aliphatic rings. The molecule has 0 bridgehead atoms. The summed E-state index contributed by atoms with van der Waals surface area (Å²) in [6.07, 6.45) is -1.98. The first-order valence-corrected chi connectivity index (χ1v) is 14.1. The lowest BCUT2D eigenvalue weighted by Crippen LogP contribution is -2.59. The topological polar surface area (TPSA) is 46.2 Å². The molecule has 1 fully saturated rings. The highest BCUT2D eigenvalue weighted by Crippen LogP contribution is 2.32. The molecule has 0 unspecified atom stereocenters. The van der Waals surface area contributed by atoms with Gasteiger partial charge in [0.25, 0.3) is 0 Å². The summed E-state index contributed by atoms with van der Waals surface area (Å²) >= 11 is 6.86. The second-order valence-electron chi connectivity index (χ2n) is 9.81. The summed E-state index contributed by atoms with van der Waals surface area (Å²) in [5.74, 6) is 0.